The molecule has 128 valence electrons. The Bertz CT molecular complexity index is 506. The second kappa shape index (κ2) is 7.77. The van der Waals surface area contributed by atoms with Crippen LogP contribution in [0.2, 0.25) is 0 Å². The Balaban J connectivity index is 1.94. The van der Waals surface area contributed by atoms with Crippen molar-refractivity contribution in [3.63, 3.8) is 0 Å². The topological polar surface area (TPSA) is 54.5 Å². The van der Waals surface area contributed by atoms with Crippen LogP contribution < -0.4 is 5.32 Å². The van der Waals surface area contributed by atoms with Crippen LogP contribution in [0.3, 0.4) is 0 Å². The number of hydrogen-bond donors (Lipinski definition) is 1. The van der Waals surface area contributed by atoms with Crippen molar-refractivity contribution in [2.24, 2.45) is 5.92 Å². The molecule has 5 nitrogen and oxygen atoms in total. The fourth-order valence-corrected chi connectivity index (χ4v) is 2.96. The Morgan fingerprint density at radius 1 is 1.52 bits per heavy atom. The Morgan fingerprint density at radius 2 is 2.30 bits per heavy atom. The molecule has 2 atom stereocenters. The van der Waals surface area contributed by atoms with Crippen LogP contribution in [0.1, 0.15) is 45.6 Å². The van der Waals surface area contributed by atoms with E-state index in [1.807, 2.05) is 17.2 Å². The maximum absolute atomic E-state index is 12.5. The summed E-state index contributed by atoms with van der Waals surface area (Å²) in [4.78, 5) is 18.6. The number of carbonyl (C=O) groups excluding carboxylic acids is 1. The minimum absolute atomic E-state index is 0.00233. The first-order chi connectivity index (χ1) is 10.9. The van der Waals surface area contributed by atoms with Gasteiger partial charge in [0, 0.05) is 31.4 Å². The average Bonchev–Trinajstić information content (AvgIpc) is 2.55. The van der Waals surface area contributed by atoms with Gasteiger partial charge >= 0.3 is 6.03 Å². The summed E-state index contributed by atoms with van der Waals surface area (Å²) < 4.78 is 5.80. The van der Waals surface area contributed by atoms with Crippen LogP contribution in [-0.4, -0.2) is 47.8 Å². The highest BCUT2D eigenvalue weighted by atomic mass is 16.5. The summed E-state index contributed by atoms with van der Waals surface area (Å²) in [5.41, 5.74) is 0.944. The van der Waals surface area contributed by atoms with E-state index >= 15 is 0 Å². The SMILES string of the molecule is CC[C@]1(C)CN(C(=O)NC[C@H](c2cccnc2)C(C)C)CCO1. The van der Waals surface area contributed by atoms with E-state index in [9.17, 15) is 4.79 Å². The van der Waals surface area contributed by atoms with Gasteiger partial charge in [-0.05, 0) is 30.9 Å². The van der Waals surface area contributed by atoms with Crippen LogP contribution in [0, 0.1) is 5.92 Å². The van der Waals surface area contributed by atoms with Crippen molar-refractivity contribution in [3.8, 4) is 0 Å². The number of nitrogens with one attached hydrogen (secondary N) is 1. The molecule has 1 saturated heterocycles. The predicted molar refractivity (Wildman–Crippen MR) is 91.4 cm³/mol. The zero-order valence-corrected chi connectivity index (χ0v) is 14.7. The van der Waals surface area contributed by atoms with Crippen LogP contribution in [-0.2, 0) is 4.74 Å². The monoisotopic (exact) mass is 319 g/mol. The molecular weight excluding hydrogens is 290 g/mol. The number of urea groups is 1. The lowest BCUT2D eigenvalue weighted by Crippen LogP contribution is -2.54. The standard InChI is InChI=1S/C18H29N3O2/c1-5-18(4)13-21(9-10-23-18)17(22)20-12-16(14(2)3)15-7-6-8-19-11-15/h6-8,11,14,16H,5,9-10,12-13H2,1-4H3,(H,20,22)/t16-,18+/m0/s1. The molecule has 0 aliphatic carbocycles. The second-order valence-corrected chi connectivity index (χ2v) is 6.90. The molecule has 2 heterocycles. The van der Waals surface area contributed by atoms with Crippen molar-refractivity contribution in [1.82, 2.24) is 15.2 Å². The van der Waals surface area contributed by atoms with Gasteiger partial charge in [0.05, 0.1) is 18.8 Å². The summed E-state index contributed by atoms with van der Waals surface area (Å²) >= 11 is 0. The molecule has 0 saturated carbocycles. The number of morpholine rings is 1. The Morgan fingerprint density at radius 3 is 2.91 bits per heavy atom. The van der Waals surface area contributed by atoms with Gasteiger partial charge in [-0.25, -0.2) is 4.79 Å². The third kappa shape index (κ3) is 4.67. The lowest BCUT2D eigenvalue weighted by molar-refractivity contribution is -0.0872. The quantitative estimate of drug-likeness (QED) is 0.907. The van der Waals surface area contributed by atoms with Gasteiger partial charge in [-0.3, -0.25) is 4.98 Å². The summed E-state index contributed by atoms with van der Waals surface area (Å²) in [5.74, 6) is 0.705. The smallest absolute Gasteiger partial charge is 0.317 e. The first-order valence-corrected chi connectivity index (χ1v) is 8.52. The normalized spacial score (nSPS) is 22.9. The van der Waals surface area contributed by atoms with Crippen molar-refractivity contribution in [1.29, 1.82) is 0 Å². The van der Waals surface area contributed by atoms with E-state index in [1.54, 1.807) is 6.20 Å². The number of aromatic nitrogens is 1. The minimum atomic E-state index is -0.226. The molecule has 1 aliphatic heterocycles. The number of pyridine rings is 1. The molecule has 0 unspecified atom stereocenters. The number of hydrogen-bond acceptors (Lipinski definition) is 3. The van der Waals surface area contributed by atoms with E-state index in [0.29, 0.717) is 32.2 Å². The Hall–Kier alpha value is -1.62. The molecule has 1 aliphatic rings. The summed E-state index contributed by atoms with van der Waals surface area (Å²) in [5, 5.41) is 3.10. The summed E-state index contributed by atoms with van der Waals surface area (Å²) in [6.07, 6.45) is 4.57. The third-order valence-corrected chi connectivity index (χ3v) is 4.76. The highest BCUT2D eigenvalue weighted by molar-refractivity contribution is 5.74. The molecule has 0 bridgehead atoms. The largest absolute Gasteiger partial charge is 0.372 e. The average molecular weight is 319 g/mol. The molecule has 0 spiro atoms. The maximum atomic E-state index is 12.5. The zero-order chi connectivity index (χ0) is 16.9. The van der Waals surface area contributed by atoms with E-state index in [0.717, 1.165) is 6.42 Å². The molecule has 23 heavy (non-hydrogen) atoms. The fourth-order valence-electron chi connectivity index (χ4n) is 2.96. The van der Waals surface area contributed by atoms with Gasteiger partial charge in [0.15, 0.2) is 0 Å². The van der Waals surface area contributed by atoms with Crippen LogP contribution in [0.15, 0.2) is 24.5 Å². The number of carbonyl (C=O) groups is 1. The van der Waals surface area contributed by atoms with Crippen LogP contribution in [0.4, 0.5) is 4.79 Å². The molecule has 1 aromatic rings. The van der Waals surface area contributed by atoms with E-state index in [1.165, 1.54) is 5.56 Å². The van der Waals surface area contributed by atoms with Gasteiger partial charge in [-0.2, -0.15) is 0 Å². The molecule has 1 N–H and O–H groups in total. The summed E-state index contributed by atoms with van der Waals surface area (Å²) in [7, 11) is 0. The maximum Gasteiger partial charge on any atom is 0.317 e. The third-order valence-electron chi connectivity index (χ3n) is 4.76. The number of nitrogens with zero attached hydrogens (tertiary/aromatic N) is 2. The van der Waals surface area contributed by atoms with Crippen LogP contribution >= 0.6 is 0 Å². The molecule has 1 aromatic heterocycles. The molecule has 1 fully saturated rings. The number of rotatable bonds is 5. The van der Waals surface area contributed by atoms with E-state index in [4.69, 9.17) is 4.74 Å². The highest BCUT2D eigenvalue weighted by Gasteiger charge is 2.32. The van der Waals surface area contributed by atoms with Crippen molar-refractivity contribution in [2.45, 2.75) is 45.6 Å². The Kier molecular flexibility index (Phi) is 5.99. The molecule has 5 heteroatoms. The van der Waals surface area contributed by atoms with Gasteiger partial charge in [-0.15, -0.1) is 0 Å². The van der Waals surface area contributed by atoms with Crippen LogP contribution in [0.5, 0.6) is 0 Å². The zero-order valence-electron chi connectivity index (χ0n) is 14.7. The lowest BCUT2D eigenvalue weighted by atomic mass is 9.89. The van der Waals surface area contributed by atoms with Crippen molar-refractivity contribution >= 4 is 6.03 Å². The highest BCUT2D eigenvalue weighted by Crippen LogP contribution is 2.24. The van der Waals surface area contributed by atoms with E-state index in [-0.39, 0.29) is 17.6 Å². The Labute approximate surface area is 139 Å². The van der Waals surface area contributed by atoms with Gasteiger partial charge in [0.25, 0.3) is 0 Å². The van der Waals surface area contributed by atoms with Gasteiger partial charge in [-0.1, -0.05) is 26.8 Å². The fraction of sp³-hybridized carbons (Fsp3) is 0.667. The molecule has 2 amide bonds. The van der Waals surface area contributed by atoms with E-state index in [2.05, 4.69) is 44.1 Å². The van der Waals surface area contributed by atoms with Crippen molar-refractivity contribution < 1.29 is 9.53 Å². The van der Waals surface area contributed by atoms with Crippen molar-refractivity contribution in [2.75, 3.05) is 26.2 Å². The van der Waals surface area contributed by atoms with Gasteiger partial charge < -0.3 is 15.0 Å². The van der Waals surface area contributed by atoms with E-state index < -0.39 is 0 Å². The molecule has 2 rings (SSSR count). The predicted octanol–water partition coefficient (Wildman–Crippen LogP) is 3.03. The molecule has 0 aromatic carbocycles. The van der Waals surface area contributed by atoms with Gasteiger partial charge in [0.2, 0.25) is 0 Å². The van der Waals surface area contributed by atoms with Gasteiger partial charge in [0.1, 0.15) is 0 Å². The summed E-state index contributed by atoms with van der Waals surface area (Å²) in [6, 6.07) is 4.02. The molecular formula is C18H29N3O2. The second-order valence-electron chi connectivity index (χ2n) is 6.90. The van der Waals surface area contributed by atoms with Crippen molar-refractivity contribution in [3.05, 3.63) is 30.1 Å². The first-order valence-electron chi connectivity index (χ1n) is 8.52. The number of amides is 2. The lowest BCUT2D eigenvalue weighted by Gasteiger charge is -2.40. The summed E-state index contributed by atoms with van der Waals surface area (Å²) in [6.45, 7) is 11.0. The number of ether oxygens (including phenoxy) is 1. The minimum Gasteiger partial charge on any atom is -0.372 e. The van der Waals surface area contributed by atoms with Crippen LogP contribution in [0.25, 0.3) is 0 Å². The molecule has 0 radical (unpaired) electrons. The first kappa shape index (κ1) is 17.7.